The predicted octanol–water partition coefficient (Wildman–Crippen LogP) is 2.72. The van der Waals surface area contributed by atoms with Gasteiger partial charge in [0.1, 0.15) is 17.5 Å². The number of benzene rings is 1. The number of carbonyl (C=O) groups is 3. The highest BCUT2D eigenvalue weighted by Crippen LogP contribution is 2.24. The molecule has 3 amide bonds. The minimum absolute atomic E-state index is 0.0417. The predicted molar refractivity (Wildman–Crippen MR) is 117 cm³/mol. The van der Waals surface area contributed by atoms with Gasteiger partial charge in [-0.05, 0) is 56.9 Å². The van der Waals surface area contributed by atoms with Gasteiger partial charge in [0.25, 0.3) is 11.8 Å². The normalized spacial score (nSPS) is 16.2. The van der Waals surface area contributed by atoms with Crippen molar-refractivity contribution in [1.29, 1.82) is 0 Å². The fourth-order valence-corrected chi connectivity index (χ4v) is 3.51. The Kier molecular flexibility index (Phi) is 9.62. The van der Waals surface area contributed by atoms with Crippen molar-refractivity contribution in [2.24, 2.45) is 11.8 Å². The molecule has 1 aromatic carbocycles. The number of hydrogen-bond acceptors (Lipinski definition) is 5. The summed E-state index contributed by atoms with van der Waals surface area (Å²) in [5.74, 6) is 0.0181. The number of hydrazine groups is 1. The standard InChI is InChI=1S/C23H35N3O5/c1-5-30-18-11-13-19(14-12-18)31-16(4)21(27)25-26-23(29)20(15(2)3)24-22(28)17-9-7-6-8-10-17/h11-17,20H,5-10H2,1-4H3,(H,24,28)(H,25,27)(H,26,29). The van der Waals surface area contributed by atoms with Crippen molar-refractivity contribution < 1.29 is 23.9 Å². The molecule has 8 nitrogen and oxygen atoms in total. The van der Waals surface area contributed by atoms with Crippen LogP contribution in [0.5, 0.6) is 11.5 Å². The molecule has 0 radical (unpaired) electrons. The molecular weight excluding hydrogens is 398 g/mol. The fraction of sp³-hybridized carbons (Fsp3) is 0.609. The molecule has 172 valence electrons. The van der Waals surface area contributed by atoms with Crippen LogP contribution in [0.1, 0.15) is 59.8 Å². The topological polar surface area (TPSA) is 106 Å². The number of nitrogens with one attached hydrogen (secondary N) is 3. The van der Waals surface area contributed by atoms with E-state index < -0.39 is 24.0 Å². The molecule has 0 heterocycles. The van der Waals surface area contributed by atoms with Crippen molar-refractivity contribution >= 4 is 17.7 Å². The van der Waals surface area contributed by atoms with E-state index in [1.54, 1.807) is 31.2 Å². The maximum atomic E-state index is 12.6. The highest BCUT2D eigenvalue weighted by molar-refractivity contribution is 5.90. The lowest BCUT2D eigenvalue weighted by molar-refractivity contribution is -0.136. The van der Waals surface area contributed by atoms with Crippen LogP contribution in [0.3, 0.4) is 0 Å². The first-order valence-corrected chi connectivity index (χ1v) is 11.1. The van der Waals surface area contributed by atoms with Crippen LogP contribution in [-0.2, 0) is 14.4 Å². The summed E-state index contributed by atoms with van der Waals surface area (Å²) in [7, 11) is 0. The van der Waals surface area contributed by atoms with E-state index in [0.29, 0.717) is 18.1 Å². The quantitative estimate of drug-likeness (QED) is 0.519. The van der Waals surface area contributed by atoms with Crippen LogP contribution in [0.4, 0.5) is 0 Å². The van der Waals surface area contributed by atoms with E-state index in [2.05, 4.69) is 16.2 Å². The zero-order valence-electron chi connectivity index (χ0n) is 18.9. The summed E-state index contributed by atoms with van der Waals surface area (Å²) in [5.41, 5.74) is 4.79. The molecule has 0 spiro atoms. The first kappa shape index (κ1) is 24.5. The SMILES string of the molecule is CCOc1ccc(OC(C)C(=O)NNC(=O)C(NC(=O)C2CCCCC2)C(C)C)cc1. The van der Waals surface area contributed by atoms with E-state index in [0.717, 1.165) is 32.1 Å². The summed E-state index contributed by atoms with van der Waals surface area (Å²) < 4.78 is 11.0. The molecule has 3 N–H and O–H groups in total. The molecule has 31 heavy (non-hydrogen) atoms. The summed E-state index contributed by atoms with van der Waals surface area (Å²) in [4.78, 5) is 37.4. The van der Waals surface area contributed by atoms with Gasteiger partial charge in [0.15, 0.2) is 6.10 Å². The van der Waals surface area contributed by atoms with Crippen molar-refractivity contribution in [3.05, 3.63) is 24.3 Å². The van der Waals surface area contributed by atoms with Crippen LogP contribution >= 0.6 is 0 Å². The van der Waals surface area contributed by atoms with Crippen molar-refractivity contribution in [2.75, 3.05) is 6.61 Å². The van der Waals surface area contributed by atoms with Gasteiger partial charge in [-0.1, -0.05) is 33.1 Å². The second-order valence-corrected chi connectivity index (χ2v) is 8.21. The van der Waals surface area contributed by atoms with Crippen molar-refractivity contribution in [1.82, 2.24) is 16.2 Å². The monoisotopic (exact) mass is 433 g/mol. The first-order chi connectivity index (χ1) is 14.8. The average Bonchev–Trinajstić information content (AvgIpc) is 2.77. The summed E-state index contributed by atoms with van der Waals surface area (Å²) in [6.07, 6.45) is 4.12. The van der Waals surface area contributed by atoms with Gasteiger partial charge in [-0.15, -0.1) is 0 Å². The van der Waals surface area contributed by atoms with Crippen LogP contribution < -0.4 is 25.6 Å². The summed E-state index contributed by atoms with van der Waals surface area (Å²) in [5, 5.41) is 2.85. The van der Waals surface area contributed by atoms with Crippen LogP contribution in [0.15, 0.2) is 24.3 Å². The first-order valence-electron chi connectivity index (χ1n) is 11.1. The van der Waals surface area contributed by atoms with Gasteiger partial charge in [0, 0.05) is 5.92 Å². The highest BCUT2D eigenvalue weighted by Gasteiger charge is 2.29. The molecule has 8 heteroatoms. The van der Waals surface area contributed by atoms with Crippen LogP contribution in [0.25, 0.3) is 0 Å². The molecular formula is C23H35N3O5. The van der Waals surface area contributed by atoms with E-state index in [1.165, 1.54) is 0 Å². The third kappa shape index (κ3) is 7.77. The molecule has 0 aromatic heterocycles. The molecule has 2 rings (SSSR count). The molecule has 2 unspecified atom stereocenters. The molecule has 0 aliphatic heterocycles. The lowest BCUT2D eigenvalue weighted by Gasteiger charge is -2.26. The summed E-state index contributed by atoms with van der Waals surface area (Å²) >= 11 is 0. The lowest BCUT2D eigenvalue weighted by Crippen LogP contribution is -2.56. The Balaban J connectivity index is 1.83. The van der Waals surface area contributed by atoms with Gasteiger partial charge in [-0.25, -0.2) is 0 Å². The molecule has 1 fully saturated rings. The molecule has 1 saturated carbocycles. The zero-order valence-corrected chi connectivity index (χ0v) is 18.9. The molecule has 0 bridgehead atoms. The molecule has 0 saturated heterocycles. The van der Waals surface area contributed by atoms with E-state index in [1.807, 2.05) is 20.8 Å². The second kappa shape index (κ2) is 12.2. The molecule has 2 atom stereocenters. The highest BCUT2D eigenvalue weighted by atomic mass is 16.5. The number of hydrogen-bond donors (Lipinski definition) is 3. The number of rotatable bonds is 9. The Morgan fingerprint density at radius 3 is 2.10 bits per heavy atom. The smallest absolute Gasteiger partial charge is 0.279 e. The maximum Gasteiger partial charge on any atom is 0.279 e. The molecule has 1 aliphatic carbocycles. The average molecular weight is 434 g/mol. The Morgan fingerprint density at radius 1 is 0.935 bits per heavy atom. The van der Waals surface area contributed by atoms with Gasteiger partial charge in [0.05, 0.1) is 6.61 Å². The van der Waals surface area contributed by atoms with Crippen molar-refractivity contribution in [3.63, 3.8) is 0 Å². The minimum Gasteiger partial charge on any atom is -0.494 e. The Morgan fingerprint density at radius 2 is 1.52 bits per heavy atom. The Hall–Kier alpha value is -2.77. The largest absolute Gasteiger partial charge is 0.494 e. The van der Waals surface area contributed by atoms with Crippen LogP contribution in [0.2, 0.25) is 0 Å². The van der Waals surface area contributed by atoms with Gasteiger partial charge in [0.2, 0.25) is 5.91 Å². The molecule has 1 aromatic rings. The van der Waals surface area contributed by atoms with Gasteiger partial charge < -0.3 is 14.8 Å². The van der Waals surface area contributed by atoms with E-state index >= 15 is 0 Å². The number of carbonyl (C=O) groups excluding carboxylic acids is 3. The van der Waals surface area contributed by atoms with Crippen molar-refractivity contribution in [3.8, 4) is 11.5 Å². The number of amides is 3. The van der Waals surface area contributed by atoms with Crippen molar-refractivity contribution in [2.45, 2.75) is 71.9 Å². The summed E-state index contributed by atoms with van der Waals surface area (Å²) in [6, 6.07) is 6.21. The summed E-state index contributed by atoms with van der Waals surface area (Å²) in [6.45, 7) is 7.76. The van der Waals surface area contributed by atoms with E-state index in [4.69, 9.17) is 9.47 Å². The van der Waals surface area contributed by atoms with Crippen LogP contribution in [0, 0.1) is 11.8 Å². The van der Waals surface area contributed by atoms with E-state index in [9.17, 15) is 14.4 Å². The van der Waals surface area contributed by atoms with Gasteiger partial charge in [-0.2, -0.15) is 0 Å². The van der Waals surface area contributed by atoms with Gasteiger partial charge in [-0.3, -0.25) is 25.2 Å². The minimum atomic E-state index is -0.826. The second-order valence-electron chi connectivity index (χ2n) is 8.21. The zero-order chi connectivity index (χ0) is 22.8. The third-order valence-corrected chi connectivity index (χ3v) is 5.35. The van der Waals surface area contributed by atoms with E-state index in [-0.39, 0.29) is 17.7 Å². The Bertz CT molecular complexity index is 729. The third-order valence-electron chi connectivity index (χ3n) is 5.35. The van der Waals surface area contributed by atoms with Crippen LogP contribution in [-0.4, -0.2) is 36.5 Å². The fourth-order valence-electron chi connectivity index (χ4n) is 3.51. The maximum absolute atomic E-state index is 12.6. The Labute approximate surface area is 184 Å². The number of ether oxygens (including phenoxy) is 2. The molecule has 1 aliphatic rings. The lowest BCUT2D eigenvalue weighted by atomic mass is 9.88. The van der Waals surface area contributed by atoms with Gasteiger partial charge >= 0.3 is 0 Å².